The van der Waals surface area contributed by atoms with Crippen molar-refractivity contribution in [2.24, 2.45) is 0 Å². The predicted molar refractivity (Wildman–Crippen MR) is 69.4 cm³/mol. The number of aliphatic carboxylic acids is 1. The van der Waals surface area contributed by atoms with Crippen molar-refractivity contribution < 1.29 is 14.3 Å². The first-order valence-corrected chi connectivity index (χ1v) is 5.78. The van der Waals surface area contributed by atoms with Gasteiger partial charge >= 0.3 is 5.97 Å². The summed E-state index contributed by atoms with van der Waals surface area (Å²) in [5, 5.41) is 11.9. The molecule has 100 valence electrons. The number of anilines is 1. The molecule has 18 heavy (non-hydrogen) atoms. The van der Waals surface area contributed by atoms with Gasteiger partial charge in [0, 0.05) is 19.3 Å². The Morgan fingerprint density at radius 3 is 2.72 bits per heavy atom. The van der Waals surface area contributed by atoms with Crippen LogP contribution in [-0.2, 0) is 4.79 Å². The third kappa shape index (κ3) is 3.43. The van der Waals surface area contributed by atoms with E-state index in [0.717, 1.165) is 5.69 Å². The fourth-order valence-corrected chi connectivity index (χ4v) is 1.57. The van der Waals surface area contributed by atoms with E-state index in [1.165, 1.54) is 12.1 Å². The molecule has 4 nitrogen and oxygen atoms in total. The Morgan fingerprint density at radius 2 is 2.22 bits per heavy atom. The third-order valence-corrected chi connectivity index (χ3v) is 3.22. The van der Waals surface area contributed by atoms with E-state index in [1.807, 2.05) is 11.9 Å². The van der Waals surface area contributed by atoms with Gasteiger partial charge in [0.25, 0.3) is 0 Å². The first-order valence-electron chi connectivity index (χ1n) is 5.78. The highest BCUT2D eigenvalue weighted by Gasteiger charge is 2.30. The van der Waals surface area contributed by atoms with E-state index in [-0.39, 0.29) is 5.82 Å². The first kappa shape index (κ1) is 14.4. The van der Waals surface area contributed by atoms with Crippen LogP contribution in [-0.4, -0.2) is 37.3 Å². The van der Waals surface area contributed by atoms with Crippen LogP contribution in [0.3, 0.4) is 0 Å². The average Bonchev–Trinajstić information content (AvgIpc) is 2.35. The number of carboxylic acids is 1. The number of hydrogen-bond acceptors (Lipinski definition) is 3. The fraction of sp³-hybridized carbons (Fsp3) is 0.462. The van der Waals surface area contributed by atoms with Crippen molar-refractivity contribution in [3.63, 3.8) is 0 Å². The summed E-state index contributed by atoms with van der Waals surface area (Å²) >= 11 is 0. The maximum absolute atomic E-state index is 13.1. The van der Waals surface area contributed by atoms with Crippen LogP contribution >= 0.6 is 0 Å². The summed E-state index contributed by atoms with van der Waals surface area (Å²) in [4.78, 5) is 12.9. The number of nitrogens with one attached hydrogen (secondary N) is 1. The Labute approximate surface area is 106 Å². The highest BCUT2D eigenvalue weighted by atomic mass is 19.1. The molecule has 0 aromatic heterocycles. The molecule has 0 amide bonds. The van der Waals surface area contributed by atoms with Gasteiger partial charge in [0.2, 0.25) is 0 Å². The van der Waals surface area contributed by atoms with E-state index in [4.69, 9.17) is 5.11 Å². The van der Waals surface area contributed by atoms with Crippen LogP contribution in [0.4, 0.5) is 10.1 Å². The highest BCUT2D eigenvalue weighted by molar-refractivity contribution is 5.78. The number of benzene rings is 1. The molecule has 0 bridgehead atoms. The normalized spacial score (nSPS) is 14.0. The molecule has 0 aliphatic heterocycles. The minimum Gasteiger partial charge on any atom is -0.480 e. The van der Waals surface area contributed by atoms with Crippen molar-refractivity contribution in [2.45, 2.75) is 18.9 Å². The monoisotopic (exact) mass is 254 g/mol. The molecule has 0 radical (unpaired) electrons. The molecule has 0 spiro atoms. The lowest BCUT2D eigenvalue weighted by Crippen LogP contribution is -2.49. The summed E-state index contributed by atoms with van der Waals surface area (Å²) in [6.45, 7) is 2.15. The molecule has 1 aromatic carbocycles. The zero-order chi connectivity index (χ0) is 13.8. The molecule has 2 N–H and O–H groups in total. The van der Waals surface area contributed by atoms with E-state index < -0.39 is 11.5 Å². The van der Waals surface area contributed by atoms with Crippen molar-refractivity contribution in [1.29, 1.82) is 0 Å². The SMILES string of the molecule is CNC(C)(CCN(C)c1cccc(F)c1)C(=O)O. The second-order valence-corrected chi connectivity index (χ2v) is 4.54. The Balaban J connectivity index is 2.66. The van der Waals surface area contributed by atoms with Crippen molar-refractivity contribution in [3.05, 3.63) is 30.1 Å². The zero-order valence-electron chi connectivity index (χ0n) is 10.9. The largest absolute Gasteiger partial charge is 0.480 e. The van der Waals surface area contributed by atoms with Crippen LogP contribution in [0.5, 0.6) is 0 Å². The number of nitrogens with zero attached hydrogens (tertiary/aromatic N) is 1. The van der Waals surface area contributed by atoms with E-state index in [9.17, 15) is 9.18 Å². The Kier molecular flexibility index (Phi) is 4.67. The number of likely N-dealkylation sites (N-methyl/N-ethyl adjacent to an activating group) is 1. The van der Waals surface area contributed by atoms with Gasteiger partial charge in [-0.2, -0.15) is 0 Å². The second kappa shape index (κ2) is 5.82. The zero-order valence-corrected chi connectivity index (χ0v) is 10.9. The molecule has 1 atom stereocenters. The van der Waals surface area contributed by atoms with Gasteiger partial charge in [0.1, 0.15) is 11.4 Å². The number of carbonyl (C=O) groups is 1. The smallest absolute Gasteiger partial charge is 0.323 e. The van der Waals surface area contributed by atoms with Crippen LogP contribution < -0.4 is 10.2 Å². The highest BCUT2D eigenvalue weighted by Crippen LogP contribution is 2.17. The molecule has 0 aliphatic carbocycles. The quantitative estimate of drug-likeness (QED) is 0.811. The summed E-state index contributed by atoms with van der Waals surface area (Å²) in [5.41, 5.74) is -0.236. The summed E-state index contributed by atoms with van der Waals surface area (Å²) in [5.74, 6) is -1.19. The molecular formula is C13H19FN2O2. The lowest BCUT2D eigenvalue weighted by Gasteiger charge is -2.28. The molecule has 1 aromatic rings. The van der Waals surface area contributed by atoms with Crippen molar-refractivity contribution in [3.8, 4) is 0 Å². The van der Waals surface area contributed by atoms with Crippen LogP contribution in [0.15, 0.2) is 24.3 Å². The predicted octanol–water partition coefficient (Wildman–Crippen LogP) is 1.71. The third-order valence-electron chi connectivity index (χ3n) is 3.22. The fourth-order valence-electron chi connectivity index (χ4n) is 1.57. The second-order valence-electron chi connectivity index (χ2n) is 4.54. The molecule has 0 saturated heterocycles. The Bertz CT molecular complexity index is 425. The van der Waals surface area contributed by atoms with Gasteiger partial charge in [0.05, 0.1) is 0 Å². The molecule has 0 saturated carbocycles. The van der Waals surface area contributed by atoms with Gasteiger partial charge in [-0.1, -0.05) is 6.07 Å². The number of hydrogen-bond donors (Lipinski definition) is 2. The topological polar surface area (TPSA) is 52.6 Å². The summed E-state index contributed by atoms with van der Waals surface area (Å²) in [6.07, 6.45) is 0.422. The molecule has 0 heterocycles. The number of rotatable bonds is 6. The maximum Gasteiger partial charge on any atom is 0.323 e. The molecule has 0 aliphatic rings. The minimum absolute atomic E-state index is 0.297. The number of carboxylic acid groups (broad SMARTS) is 1. The van der Waals surface area contributed by atoms with Crippen LogP contribution in [0.1, 0.15) is 13.3 Å². The molecule has 1 unspecified atom stereocenters. The molecule has 5 heteroatoms. The molecule has 1 rings (SSSR count). The number of halogens is 1. The van der Waals surface area contributed by atoms with Gasteiger partial charge in [-0.3, -0.25) is 4.79 Å². The summed E-state index contributed by atoms with van der Waals surface area (Å²) in [7, 11) is 3.43. The summed E-state index contributed by atoms with van der Waals surface area (Å²) < 4.78 is 13.1. The Morgan fingerprint density at radius 1 is 1.56 bits per heavy atom. The van der Waals surface area contributed by atoms with E-state index in [2.05, 4.69) is 5.32 Å². The van der Waals surface area contributed by atoms with Crippen molar-refractivity contribution in [1.82, 2.24) is 5.32 Å². The van der Waals surface area contributed by atoms with Gasteiger partial charge in [-0.05, 0) is 38.6 Å². The molecule has 0 fully saturated rings. The first-order chi connectivity index (χ1) is 8.39. The van der Waals surface area contributed by atoms with Gasteiger partial charge < -0.3 is 15.3 Å². The lowest BCUT2D eigenvalue weighted by molar-refractivity contribution is -0.144. The van der Waals surface area contributed by atoms with Gasteiger partial charge in [0.15, 0.2) is 0 Å². The van der Waals surface area contributed by atoms with Crippen LogP contribution in [0.25, 0.3) is 0 Å². The minimum atomic E-state index is -0.971. The van der Waals surface area contributed by atoms with Crippen molar-refractivity contribution in [2.75, 3.05) is 25.5 Å². The van der Waals surface area contributed by atoms with Crippen LogP contribution in [0.2, 0.25) is 0 Å². The maximum atomic E-state index is 13.1. The average molecular weight is 254 g/mol. The van der Waals surface area contributed by atoms with Gasteiger partial charge in [-0.15, -0.1) is 0 Å². The van der Waals surface area contributed by atoms with Crippen molar-refractivity contribution >= 4 is 11.7 Å². The van der Waals surface area contributed by atoms with E-state index >= 15 is 0 Å². The van der Waals surface area contributed by atoms with E-state index in [1.54, 1.807) is 26.1 Å². The molecular weight excluding hydrogens is 235 g/mol. The lowest BCUT2D eigenvalue weighted by atomic mass is 9.98. The van der Waals surface area contributed by atoms with Crippen LogP contribution in [0, 0.1) is 5.82 Å². The Hall–Kier alpha value is -1.62. The van der Waals surface area contributed by atoms with Gasteiger partial charge in [-0.25, -0.2) is 4.39 Å². The summed E-state index contributed by atoms with van der Waals surface area (Å²) in [6, 6.07) is 6.24. The standard InChI is InChI=1S/C13H19FN2O2/c1-13(15-2,12(17)18)7-8-16(3)11-6-4-5-10(14)9-11/h4-6,9,15H,7-8H2,1-3H3,(H,17,18). The van der Waals surface area contributed by atoms with E-state index in [0.29, 0.717) is 13.0 Å².